The highest BCUT2D eigenvalue weighted by Gasteiger charge is 2.15. The van der Waals surface area contributed by atoms with E-state index >= 15 is 0 Å². The summed E-state index contributed by atoms with van der Waals surface area (Å²) in [6.45, 7) is 0. The number of hydrogen-bond donors (Lipinski definition) is 1. The molecule has 0 aliphatic heterocycles. The number of methoxy groups -OCH3 is 2. The van der Waals surface area contributed by atoms with Crippen molar-refractivity contribution >= 4 is 27.5 Å². The van der Waals surface area contributed by atoms with Crippen molar-refractivity contribution in [3.05, 3.63) is 69.5 Å². The lowest BCUT2D eigenvalue weighted by molar-refractivity contribution is 0.0563. The molecule has 0 saturated heterocycles. The number of carbonyl (C=O) groups is 1. The number of nitrogens with zero attached hydrogens (tertiary/aromatic N) is 1. The monoisotopic (exact) mass is 396 g/mol. The van der Waals surface area contributed by atoms with Gasteiger partial charge in [0.2, 0.25) is 5.76 Å². The SMILES string of the molecule is COC(=O)c1ccc(Cc2nc3scc(-c4ccc(OC)cc4)c3c(=O)[nH]2)o1. The van der Waals surface area contributed by atoms with Crippen LogP contribution in [0.4, 0.5) is 0 Å². The van der Waals surface area contributed by atoms with Gasteiger partial charge < -0.3 is 18.9 Å². The molecule has 0 aliphatic rings. The lowest BCUT2D eigenvalue weighted by Crippen LogP contribution is -2.11. The summed E-state index contributed by atoms with van der Waals surface area (Å²) >= 11 is 1.40. The van der Waals surface area contributed by atoms with E-state index in [2.05, 4.69) is 14.7 Å². The highest BCUT2D eigenvalue weighted by molar-refractivity contribution is 7.17. The first-order valence-electron chi connectivity index (χ1n) is 8.41. The number of fused-ring (bicyclic) bond motifs is 1. The molecule has 1 N–H and O–H groups in total. The Bertz CT molecular complexity index is 1200. The second-order valence-electron chi connectivity index (χ2n) is 6.00. The van der Waals surface area contributed by atoms with Crippen LogP contribution in [0.2, 0.25) is 0 Å². The molecule has 3 aromatic heterocycles. The third-order valence-electron chi connectivity index (χ3n) is 4.28. The quantitative estimate of drug-likeness (QED) is 0.518. The molecule has 8 heteroatoms. The van der Waals surface area contributed by atoms with Gasteiger partial charge in [-0.25, -0.2) is 9.78 Å². The normalized spacial score (nSPS) is 10.9. The van der Waals surface area contributed by atoms with Crippen LogP contribution < -0.4 is 10.3 Å². The number of rotatable bonds is 5. The van der Waals surface area contributed by atoms with Gasteiger partial charge in [0.1, 0.15) is 22.2 Å². The van der Waals surface area contributed by atoms with E-state index in [4.69, 9.17) is 9.15 Å². The van der Waals surface area contributed by atoms with Crippen LogP contribution >= 0.6 is 11.3 Å². The predicted molar refractivity (Wildman–Crippen MR) is 105 cm³/mol. The van der Waals surface area contributed by atoms with Gasteiger partial charge in [0, 0.05) is 10.9 Å². The Labute approximate surface area is 163 Å². The van der Waals surface area contributed by atoms with Gasteiger partial charge in [0.05, 0.1) is 26.0 Å². The molecule has 0 amide bonds. The fourth-order valence-electron chi connectivity index (χ4n) is 2.91. The third kappa shape index (κ3) is 3.29. The minimum absolute atomic E-state index is 0.110. The van der Waals surface area contributed by atoms with E-state index in [1.807, 2.05) is 29.6 Å². The van der Waals surface area contributed by atoms with Crippen LogP contribution in [0, 0.1) is 0 Å². The van der Waals surface area contributed by atoms with E-state index in [0.29, 0.717) is 21.8 Å². The van der Waals surface area contributed by atoms with Crippen LogP contribution in [-0.2, 0) is 11.2 Å². The average Bonchev–Trinajstić information content (AvgIpc) is 3.35. The van der Waals surface area contributed by atoms with E-state index in [1.54, 1.807) is 13.2 Å². The van der Waals surface area contributed by atoms with Crippen molar-refractivity contribution in [1.29, 1.82) is 0 Å². The van der Waals surface area contributed by atoms with Crippen LogP contribution in [0.1, 0.15) is 22.1 Å². The Hall–Kier alpha value is -3.39. The van der Waals surface area contributed by atoms with Crippen LogP contribution in [-0.4, -0.2) is 30.2 Å². The zero-order valence-electron chi connectivity index (χ0n) is 15.1. The molecule has 3 heterocycles. The molecule has 0 spiro atoms. The van der Waals surface area contributed by atoms with Gasteiger partial charge in [-0.15, -0.1) is 11.3 Å². The molecule has 28 heavy (non-hydrogen) atoms. The molecule has 7 nitrogen and oxygen atoms in total. The lowest BCUT2D eigenvalue weighted by Gasteiger charge is -2.03. The molecule has 0 saturated carbocycles. The Kier molecular flexibility index (Phi) is 4.70. The largest absolute Gasteiger partial charge is 0.497 e. The summed E-state index contributed by atoms with van der Waals surface area (Å²) in [5.41, 5.74) is 1.53. The number of ether oxygens (including phenoxy) is 2. The van der Waals surface area contributed by atoms with Gasteiger partial charge in [-0.1, -0.05) is 12.1 Å². The Morgan fingerprint density at radius 2 is 1.96 bits per heavy atom. The van der Waals surface area contributed by atoms with Crippen molar-refractivity contribution in [3.8, 4) is 16.9 Å². The summed E-state index contributed by atoms with van der Waals surface area (Å²) in [7, 11) is 2.90. The molecule has 0 atom stereocenters. The van der Waals surface area contributed by atoms with E-state index in [1.165, 1.54) is 24.5 Å². The number of carbonyl (C=O) groups excluding carboxylic acids is 1. The van der Waals surface area contributed by atoms with Crippen molar-refractivity contribution < 1.29 is 18.7 Å². The van der Waals surface area contributed by atoms with Crippen molar-refractivity contribution in [2.24, 2.45) is 0 Å². The number of H-pyrrole nitrogens is 1. The molecule has 4 rings (SSSR count). The van der Waals surface area contributed by atoms with Crippen LogP contribution in [0.25, 0.3) is 21.3 Å². The summed E-state index contributed by atoms with van der Waals surface area (Å²) in [5, 5.41) is 2.47. The van der Waals surface area contributed by atoms with Crippen LogP contribution in [0.5, 0.6) is 5.75 Å². The van der Waals surface area contributed by atoms with Crippen molar-refractivity contribution in [1.82, 2.24) is 9.97 Å². The van der Waals surface area contributed by atoms with E-state index in [-0.39, 0.29) is 17.7 Å². The van der Waals surface area contributed by atoms with E-state index in [0.717, 1.165) is 16.9 Å². The molecular formula is C20H16N2O5S. The maximum Gasteiger partial charge on any atom is 0.373 e. The van der Waals surface area contributed by atoms with E-state index in [9.17, 15) is 9.59 Å². The number of hydrogen-bond acceptors (Lipinski definition) is 7. The first-order valence-corrected chi connectivity index (χ1v) is 9.29. The number of aromatic amines is 1. The number of benzene rings is 1. The van der Waals surface area contributed by atoms with Gasteiger partial charge >= 0.3 is 5.97 Å². The lowest BCUT2D eigenvalue weighted by atomic mass is 10.1. The predicted octanol–water partition coefficient (Wildman–Crippen LogP) is 3.63. The molecule has 0 bridgehead atoms. The summed E-state index contributed by atoms with van der Waals surface area (Å²) in [6.07, 6.45) is 0.262. The number of aromatic nitrogens is 2. The Morgan fingerprint density at radius 1 is 1.18 bits per heavy atom. The van der Waals surface area contributed by atoms with Gasteiger partial charge in [0.25, 0.3) is 5.56 Å². The summed E-state index contributed by atoms with van der Waals surface area (Å²) in [5.74, 6) is 1.29. The molecule has 0 radical (unpaired) electrons. The molecule has 4 aromatic rings. The fourth-order valence-corrected chi connectivity index (χ4v) is 3.88. The third-order valence-corrected chi connectivity index (χ3v) is 5.16. The van der Waals surface area contributed by atoms with Gasteiger partial charge in [-0.2, -0.15) is 0 Å². The Balaban J connectivity index is 1.67. The van der Waals surface area contributed by atoms with E-state index < -0.39 is 5.97 Å². The molecule has 1 aromatic carbocycles. The summed E-state index contributed by atoms with van der Waals surface area (Å²) < 4.78 is 15.2. The molecule has 0 aliphatic carbocycles. The maximum atomic E-state index is 12.7. The van der Waals surface area contributed by atoms with Crippen molar-refractivity contribution in [2.45, 2.75) is 6.42 Å². The number of nitrogens with one attached hydrogen (secondary N) is 1. The standard InChI is InChI=1S/C20H16N2O5S/c1-25-12-5-3-11(4-6-12)14-10-28-19-17(14)18(23)21-16(22-19)9-13-7-8-15(27-13)20(24)26-2/h3-8,10H,9H2,1-2H3,(H,21,22,23). The highest BCUT2D eigenvalue weighted by Crippen LogP contribution is 2.31. The zero-order valence-corrected chi connectivity index (χ0v) is 16.0. The number of esters is 1. The van der Waals surface area contributed by atoms with Crippen LogP contribution in [0.15, 0.2) is 51.0 Å². The summed E-state index contributed by atoms with van der Waals surface area (Å²) in [6, 6.07) is 10.7. The van der Waals surface area contributed by atoms with Gasteiger partial charge in [-0.3, -0.25) is 4.79 Å². The molecular weight excluding hydrogens is 380 g/mol. The minimum atomic E-state index is -0.550. The zero-order chi connectivity index (χ0) is 19.7. The number of thiophene rings is 1. The topological polar surface area (TPSA) is 94.4 Å². The van der Waals surface area contributed by atoms with Gasteiger partial charge in [-0.05, 0) is 29.8 Å². The summed E-state index contributed by atoms with van der Waals surface area (Å²) in [4.78, 5) is 32.2. The highest BCUT2D eigenvalue weighted by atomic mass is 32.1. The maximum absolute atomic E-state index is 12.7. The number of furan rings is 1. The molecule has 0 unspecified atom stereocenters. The second-order valence-corrected chi connectivity index (χ2v) is 6.86. The van der Waals surface area contributed by atoms with Crippen molar-refractivity contribution in [2.75, 3.05) is 14.2 Å². The van der Waals surface area contributed by atoms with Crippen molar-refractivity contribution in [3.63, 3.8) is 0 Å². The van der Waals surface area contributed by atoms with Gasteiger partial charge in [0.15, 0.2) is 0 Å². The first kappa shape index (κ1) is 18.0. The first-order chi connectivity index (χ1) is 13.6. The second kappa shape index (κ2) is 7.32. The molecule has 0 fully saturated rings. The average molecular weight is 396 g/mol. The Morgan fingerprint density at radius 3 is 2.68 bits per heavy atom. The van der Waals surface area contributed by atoms with Crippen LogP contribution in [0.3, 0.4) is 0 Å². The fraction of sp³-hybridized carbons (Fsp3) is 0.150. The smallest absolute Gasteiger partial charge is 0.373 e. The minimum Gasteiger partial charge on any atom is -0.497 e. The molecule has 142 valence electrons.